The van der Waals surface area contributed by atoms with Crippen LogP contribution in [0.3, 0.4) is 0 Å². The number of imide groups is 1. The van der Waals surface area contributed by atoms with Crippen molar-refractivity contribution in [3.05, 3.63) is 0 Å². The fourth-order valence-electron chi connectivity index (χ4n) is 2.86. The van der Waals surface area contributed by atoms with E-state index in [1.165, 1.54) is 13.3 Å². The van der Waals surface area contributed by atoms with Gasteiger partial charge in [0, 0.05) is 56.6 Å². The summed E-state index contributed by atoms with van der Waals surface area (Å²) < 4.78 is 7.36. The summed E-state index contributed by atoms with van der Waals surface area (Å²) in [6, 6.07) is 0. The number of carbonyl (C=O) groups is 4. The molecule has 200 valence electrons. The number of hydrogen-bond acceptors (Lipinski definition) is 11. The first-order chi connectivity index (χ1) is 16.8. The first-order valence-corrected chi connectivity index (χ1v) is 13.7. The summed E-state index contributed by atoms with van der Waals surface area (Å²) in [6.07, 6.45) is 2.04. The molecule has 0 radical (unpaired) electrons. The van der Waals surface area contributed by atoms with Crippen LogP contribution in [0.1, 0.15) is 38.5 Å². The molecule has 13 nitrogen and oxygen atoms in total. The molecule has 3 amide bonds. The van der Waals surface area contributed by atoms with Crippen molar-refractivity contribution in [3.8, 4) is 0 Å². The van der Waals surface area contributed by atoms with Crippen molar-refractivity contribution in [3.63, 3.8) is 0 Å². The first-order valence-electron chi connectivity index (χ1n) is 11.0. The predicted molar refractivity (Wildman–Crippen MR) is 130 cm³/mol. The molecule has 1 aliphatic heterocycles. The lowest BCUT2D eigenvalue weighted by Gasteiger charge is -2.28. The monoisotopic (exact) mass is 560 g/mol. The summed E-state index contributed by atoms with van der Waals surface area (Å²) in [5.41, 5.74) is 0. The Morgan fingerprint density at radius 2 is 1.83 bits per heavy atom. The van der Waals surface area contributed by atoms with Crippen LogP contribution in [0.5, 0.6) is 0 Å². The van der Waals surface area contributed by atoms with Gasteiger partial charge >= 0.3 is 14.0 Å². The van der Waals surface area contributed by atoms with Gasteiger partial charge in [-0.15, -0.1) is 38.0 Å². The molecule has 0 saturated carbocycles. The van der Waals surface area contributed by atoms with E-state index in [2.05, 4.69) is 20.4 Å². The molecule has 0 spiro atoms. The highest BCUT2D eigenvalue weighted by molar-refractivity contribution is 7.61. The van der Waals surface area contributed by atoms with Gasteiger partial charge in [-0.2, -0.15) is 9.42 Å². The summed E-state index contributed by atoms with van der Waals surface area (Å²) in [7, 11) is -1.82. The van der Waals surface area contributed by atoms with Crippen molar-refractivity contribution >= 4 is 61.1 Å². The van der Waals surface area contributed by atoms with Crippen molar-refractivity contribution in [2.24, 2.45) is 5.16 Å². The van der Waals surface area contributed by atoms with Gasteiger partial charge < -0.3 is 15.0 Å². The Morgan fingerprint density at radius 1 is 1.17 bits per heavy atom. The number of amides is 3. The number of nitrogens with zero attached hydrogens (tertiary/aromatic N) is 3. The van der Waals surface area contributed by atoms with Crippen molar-refractivity contribution in [1.82, 2.24) is 20.1 Å². The number of hydroxylamine groups is 2. The van der Waals surface area contributed by atoms with E-state index in [4.69, 9.17) is 32.6 Å². The lowest BCUT2D eigenvalue weighted by molar-refractivity contribution is -0.197. The maximum Gasteiger partial charge on any atom is 0.431 e. The Morgan fingerprint density at radius 3 is 2.43 bits per heavy atom. The number of oxime groups is 1. The topological polar surface area (TPSA) is 159 Å². The quantitative estimate of drug-likeness (QED) is 0.0518. The van der Waals surface area contributed by atoms with E-state index < -0.39 is 25.8 Å². The van der Waals surface area contributed by atoms with E-state index in [-0.39, 0.29) is 69.5 Å². The van der Waals surface area contributed by atoms with E-state index in [1.54, 1.807) is 4.67 Å². The van der Waals surface area contributed by atoms with Gasteiger partial charge in [-0.25, -0.2) is 4.79 Å². The van der Waals surface area contributed by atoms with E-state index >= 15 is 0 Å². The maximum absolute atomic E-state index is 12.0. The van der Waals surface area contributed by atoms with Gasteiger partial charge in [-0.3, -0.25) is 14.4 Å². The molecule has 0 aliphatic carbocycles. The molecular formula is C19H33Cl2N5O8P+. The normalized spacial score (nSPS) is 15.6. The van der Waals surface area contributed by atoms with Gasteiger partial charge in [-0.05, 0) is 6.42 Å². The summed E-state index contributed by atoms with van der Waals surface area (Å²) in [5.74, 6) is -1.67. The second-order valence-electron chi connectivity index (χ2n) is 7.12. The molecule has 1 saturated heterocycles. The lowest BCUT2D eigenvalue weighted by Crippen LogP contribution is -2.40. The van der Waals surface area contributed by atoms with Crippen LogP contribution in [-0.4, -0.2) is 96.2 Å². The minimum atomic E-state index is -3.24. The predicted octanol–water partition coefficient (Wildman–Crippen LogP) is 0.958. The largest absolute Gasteiger partial charge is 0.431 e. The van der Waals surface area contributed by atoms with Crippen LogP contribution in [-0.2, 0) is 33.4 Å². The molecule has 35 heavy (non-hydrogen) atoms. The highest BCUT2D eigenvalue weighted by Crippen LogP contribution is 2.54. The van der Waals surface area contributed by atoms with Crippen LogP contribution in [0.15, 0.2) is 5.16 Å². The SMILES string of the molecule is CO/N=C/CCO[P+](O)(NCCNC(=O)CCCC(=O)ON1C(=O)CCC1=O)N(CCCl)CCCl. The Bertz CT molecular complexity index is 713. The zero-order valence-electron chi connectivity index (χ0n) is 19.6. The fourth-order valence-corrected chi connectivity index (χ4v) is 5.46. The van der Waals surface area contributed by atoms with Gasteiger partial charge in [0.2, 0.25) is 5.91 Å². The Kier molecular flexibility index (Phi) is 16.0. The second kappa shape index (κ2) is 17.8. The smallest absolute Gasteiger partial charge is 0.399 e. The molecule has 0 bridgehead atoms. The summed E-state index contributed by atoms with van der Waals surface area (Å²) in [6.45, 7) is 1.24. The number of carbonyl (C=O) groups excluding carboxylic acids is 4. The fraction of sp³-hybridized carbons (Fsp3) is 0.737. The zero-order chi connectivity index (χ0) is 26.1. The first kappa shape index (κ1) is 31.4. The summed E-state index contributed by atoms with van der Waals surface area (Å²) in [4.78, 5) is 67.1. The molecule has 0 aromatic carbocycles. The van der Waals surface area contributed by atoms with E-state index in [0.29, 0.717) is 24.6 Å². The van der Waals surface area contributed by atoms with Crippen molar-refractivity contribution in [1.29, 1.82) is 0 Å². The molecule has 0 aromatic rings. The molecule has 0 aromatic heterocycles. The third kappa shape index (κ3) is 12.3. The number of halogens is 2. The summed E-state index contributed by atoms with van der Waals surface area (Å²) >= 11 is 11.7. The third-order valence-electron chi connectivity index (χ3n) is 4.52. The zero-order valence-corrected chi connectivity index (χ0v) is 22.0. The molecule has 1 fully saturated rings. The van der Waals surface area contributed by atoms with Crippen molar-refractivity contribution < 1.29 is 38.3 Å². The number of rotatable bonds is 19. The molecule has 1 rings (SSSR count). The highest BCUT2D eigenvalue weighted by atomic mass is 35.5. The van der Waals surface area contributed by atoms with Crippen molar-refractivity contribution in [2.75, 3.05) is 51.7 Å². The van der Waals surface area contributed by atoms with E-state index in [1.807, 2.05) is 0 Å². The van der Waals surface area contributed by atoms with Gasteiger partial charge in [0.25, 0.3) is 11.8 Å². The average molecular weight is 561 g/mol. The second-order valence-corrected chi connectivity index (χ2v) is 10.1. The minimum Gasteiger partial charge on any atom is -0.399 e. The van der Waals surface area contributed by atoms with Crippen LogP contribution in [0, 0.1) is 0 Å². The highest BCUT2D eigenvalue weighted by Gasteiger charge is 2.46. The van der Waals surface area contributed by atoms with Crippen LogP contribution in [0.2, 0.25) is 0 Å². The average Bonchev–Trinajstić information content (AvgIpc) is 3.13. The Balaban J connectivity index is 2.39. The van der Waals surface area contributed by atoms with E-state index in [0.717, 1.165) is 0 Å². The Labute approximate surface area is 214 Å². The van der Waals surface area contributed by atoms with Crippen LogP contribution >= 0.6 is 31.2 Å². The lowest BCUT2D eigenvalue weighted by atomic mass is 10.2. The van der Waals surface area contributed by atoms with Crippen LogP contribution in [0.25, 0.3) is 0 Å². The van der Waals surface area contributed by atoms with Gasteiger partial charge in [0.1, 0.15) is 13.7 Å². The molecular weight excluding hydrogens is 528 g/mol. The van der Waals surface area contributed by atoms with Crippen LogP contribution in [0.4, 0.5) is 0 Å². The molecule has 1 aliphatic rings. The van der Waals surface area contributed by atoms with Crippen LogP contribution < -0.4 is 10.4 Å². The molecule has 3 N–H and O–H groups in total. The summed E-state index contributed by atoms with van der Waals surface area (Å²) in [5, 5.41) is 9.71. The van der Waals surface area contributed by atoms with Gasteiger partial charge in [0.05, 0.1) is 19.6 Å². The standard InChI is InChI=1S/C19H32Cl2N5O8P/c1-32-23-10-3-15-33-35(31,25(13-8-20)14-9-21)24-12-11-22-16(27)4-2-5-19(30)34-26-17(28)6-7-18(26)29/h10,24,31H,2-9,11-15H2,1H3/p+1/b23-10+. The molecule has 16 heteroatoms. The van der Waals surface area contributed by atoms with Gasteiger partial charge in [-0.1, -0.05) is 5.16 Å². The Hall–Kier alpha value is -1.60. The number of alkyl halides is 2. The molecule has 1 atom stereocenters. The minimum absolute atomic E-state index is 0.0165. The number of hydrogen-bond donors (Lipinski definition) is 3. The maximum atomic E-state index is 12.0. The van der Waals surface area contributed by atoms with Crippen molar-refractivity contribution in [2.45, 2.75) is 38.5 Å². The number of nitrogens with one attached hydrogen (secondary N) is 2. The third-order valence-corrected chi connectivity index (χ3v) is 7.20. The van der Waals surface area contributed by atoms with E-state index in [9.17, 15) is 24.1 Å². The molecule has 1 heterocycles. The molecule has 1 unspecified atom stereocenters. The van der Waals surface area contributed by atoms with Gasteiger partial charge in [0.15, 0.2) is 0 Å².